The Labute approximate surface area is 325 Å². The van der Waals surface area contributed by atoms with Gasteiger partial charge in [0.25, 0.3) is 0 Å². The standard InChI is InChI=1S/C50H40N2O4/c1-33(53)55-49(31-35-19-27-39(28-20-35)51-45-15-7-3-11-41(45)42-12-4-8-16-46(42)51)37-23-25-38(26-24-37)50(56-34(2)54)32-36-21-29-40(30-22-36)52-47-17-9-5-13-43(47)44-14-6-10-18-48(44)52/h3-30,49-50H,31-32H2,1-2H3. The third kappa shape index (κ3) is 6.60. The average Bonchev–Trinajstić information content (AvgIpc) is 3.74. The van der Waals surface area contributed by atoms with Gasteiger partial charge in [0, 0.05) is 59.6 Å². The second-order valence-corrected chi connectivity index (χ2v) is 14.3. The van der Waals surface area contributed by atoms with Gasteiger partial charge >= 0.3 is 11.9 Å². The highest BCUT2D eigenvalue weighted by molar-refractivity contribution is 6.10. The van der Waals surface area contributed by atoms with E-state index in [1.54, 1.807) is 0 Å². The van der Waals surface area contributed by atoms with Crippen molar-refractivity contribution in [1.29, 1.82) is 0 Å². The molecule has 9 rings (SSSR count). The number of nitrogens with zero attached hydrogens (tertiary/aromatic N) is 2. The lowest BCUT2D eigenvalue weighted by molar-refractivity contribution is -0.147. The van der Waals surface area contributed by atoms with Crippen LogP contribution in [0.15, 0.2) is 170 Å². The van der Waals surface area contributed by atoms with E-state index >= 15 is 0 Å². The Morgan fingerprint density at radius 1 is 0.411 bits per heavy atom. The summed E-state index contributed by atoms with van der Waals surface area (Å²) in [5.41, 5.74) is 10.6. The van der Waals surface area contributed by atoms with Crippen LogP contribution in [-0.2, 0) is 31.9 Å². The number of carbonyl (C=O) groups excluding carboxylic acids is 2. The largest absolute Gasteiger partial charge is 0.457 e. The maximum Gasteiger partial charge on any atom is 0.303 e. The van der Waals surface area contributed by atoms with E-state index in [4.69, 9.17) is 9.47 Å². The van der Waals surface area contributed by atoms with Crippen LogP contribution < -0.4 is 0 Å². The van der Waals surface area contributed by atoms with E-state index in [0.717, 1.165) is 55.7 Å². The molecule has 2 aromatic heterocycles. The molecule has 0 radical (unpaired) electrons. The molecule has 0 aliphatic rings. The van der Waals surface area contributed by atoms with Crippen molar-refractivity contribution in [1.82, 2.24) is 9.13 Å². The van der Waals surface area contributed by atoms with E-state index in [1.807, 2.05) is 24.3 Å². The Morgan fingerprint density at radius 3 is 0.982 bits per heavy atom. The van der Waals surface area contributed by atoms with Gasteiger partial charge in [-0.15, -0.1) is 0 Å². The van der Waals surface area contributed by atoms with Crippen LogP contribution in [0, 0.1) is 0 Å². The Kier molecular flexibility index (Phi) is 9.16. The third-order valence-corrected chi connectivity index (χ3v) is 10.7. The molecule has 2 unspecified atom stereocenters. The fourth-order valence-electron chi connectivity index (χ4n) is 8.17. The molecule has 2 atom stereocenters. The van der Waals surface area contributed by atoms with Crippen LogP contribution in [-0.4, -0.2) is 21.1 Å². The topological polar surface area (TPSA) is 62.5 Å². The van der Waals surface area contributed by atoms with E-state index in [9.17, 15) is 9.59 Å². The van der Waals surface area contributed by atoms with E-state index in [0.29, 0.717) is 12.8 Å². The van der Waals surface area contributed by atoms with Crippen LogP contribution in [0.4, 0.5) is 0 Å². The molecule has 9 aromatic rings. The summed E-state index contributed by atoms with van der Waals surface area (Å²) in [4.78, 5) is 24.6. The minimum Gasteiger partial charge on any atom is -0.457 e. The molecule has 56 heavy (non-hydrogen) atoms. The first-order chi connectivity index (χ1) is 27.4. The van der Waals surface area contributed by atoms with Gasteiger partial charge in [-0.25, -0.2) is 0 Å². The number of esters is 2. The fraction of sp³-hybridized carbons (Fsp3) is 0.120. The lowest BCUT2D eigenvalue weighted by atomic mass is 9.96. The first-order valence-corrected chi connectivity index (χ1v) is 19.0. The van der Waals surface area contributed by atoms with Crippen LogP contribution in [0.5, 0.6) is 0 Å². The van der Waals surface area contributed by atoms with Crippen LogP contribution in [0.3, 0.4) is 0 Å². The van der Waals surface area contributed by atoms with Crippen LogP contribution in [0.25, 0.3) is 55.0 Å². The monoisotopic (exact) mass is 732 g/mol. The minimum atomic E-state index is -0.485. The first-order valence-electron chi connectivity index (χ1n) is 19.0. The molecule has 0 saturated carbocycles. The molecule has 2 heterocycles. The molecule has 6 heteroatoms. The summed E-state index contributed by atoms with van der Waals surface area (Å²) in [7, 11) is 0. The molecular formula is C50H40N2O4. The van der Waals surface area contributed by atoms with Crippen molar-refractivity contribution in [3.8, 4) is 11.4 Å². The Hall–Kier alpha value is -6.92. The summed E-state index contributed by atoms with van der Waals surface area (Å²) in [5, 5.41) is 4.87. The number of aromatic nitrogens is 2. The predicted molar refractivity (Wildman–Crippen MR) is 224 cm³/mol. The number of fused-ring (bicyclic) bond motifs is 6. The number of carbonyl (C=O) groups is 2. The highest BCUT2D eigenvalue weighted by atomic mass is 16.5. The van der Waals surface area contributed by atoms with Crippen molar-refractivity contribution in [2.75, 3.05) is 0 Å². The lowest BCUT2D eigenvalue weighted by Crippen LogP contribution is -2.13. The number of ether oxygens (including phenoxy) is 2. The highest BCUT2D eigenvalue weighted by Gasteiger charge is 2.21. The molecule has 274 valence electrons. The summed E-state index contributed by atoms with van der Waals surface area (Å²) in [6, 6.07) is 58.6. The van der Waals surface area contributed by atoms with Crippen LogP contribution in [0.1, 0.15) is 48.3 Å². The summed E-state index contributed by atoms with van der Waals surface area (Å²) < 4.78 is 16.3. The van der Waals surface area contributed by atoms with Gasteiger partial charge in [-0.1, -0.05) is 121 Å². The quantitative estimate of drug-likeness (QED) is 0.131. The van der Waals surface area contributed by atoms with E-state index in [2.05, 4.69) is 155 Å². The SMILES string of the molecule is CC(=O)OC(Cc1ccc(-n2c3ccccc3c3ccccc32)cc1)c1ccc(C(Cc2ccc(-n3c4ccccc4c4ccccc43)cc2)OC(C)=O)cc1. The second kappa shape index (κ2) is 14.7. The molecule has 0 saturated heterocycles. The van der Waals surface area contributed by atoms with Crippen molar-refractivity contribution in [3.63, 3.8) is 0 Å². The first kappa shape index (κ1) is 34.8. The molecule has 0 aliphatic carbocycles. The second-order valence-electron chi connectivity index (χ2n) is 14.3. The molecule has 6 nitrogen and oxygen atoms in total. The van der Waals surface area contributed by atoms with Gasteiger partial charge in [-0.2, -0.15) is 0 Å². The van der Waals surface area contributed by atoms with E-state index in [1.165, 1.54) is 35.4 Å². The van der Waals surface area contributed by atoms with Crippen molar-refractivity contribution in [2.24, 2.45) is 0 Å². The molecule has 7 aromatic carbocycles. The Morgan fingerprint density at radius 2 is 0.696 bits per heavy atom. The minimum absolute atomic E-state index is 0.344. The van der Waals surface area contributed by atoms with Gasteiger partial charge in [0.15, 0.2) is 0 Å². The maximum absolute atomic E-state index is 12.3. The van der Waals surface area contributed by atoms with Crippen molar-refractivity contribution < 1.29 is 19.1 Å². The number of rotatable bonds is 10. The van der Waals surface area contributed by atoms with Crippen LogP contribution >= 0.6 is 0 Å². The predicted octanol–water partition coefficient (Wildman–Crippen LogP) is 11.6. The summed E-state index contributed by atoms with van der Waals surface area (Å²) in [5.74, 6) is -0.689. The van der Waals surface area contributed by atoms with Crippen molar-refractivity contribution in [3.05, 3.63) is 192 Å². The Bertz CT molecular complexity index is 2560. The molecule has 0 amide bonds. The van der Waals surface area contributed by atoms with E-state index in [-0.39, 0.29) is 11.9 Å². The summed E-state index contributed by atoms with van der Waals surface area (Å²) >= 11 is 0. The number of hydrogen-bond acceptors (Lipinski definition) is 4. The zero-order chi connectivity index (χ0) is 38.2. The van der Waals surface area contributed by atoms with Crippen molar-refractivity contribution >= 4 is 55.6 Å². The van der Waals surface area contributed by atoms with Gasteiger partial charge in [-0.05, 0) is 70.8 Å². The normalized spacial score (nSPS) is 12.6. The fourth-order valence-corrected chi connectivity index (χ4v) is 8.17. The number of hydrogen-bond donors (Lipinski definition) is 0. The third-order valence-electron chi connectivity index (χ3n) is 10.7. The zero-order valence-corrected chi connectivity index (χ0v) is 31.3. The Balaban J connectivity index is 0.949. The zero-order valence-electron chi connectivity index (χ0n) is 31.3. The summed E-state index contributed by atoms with van der Waals surface area (Å²) in [6.45, 7) is 2.88. The van der Waals surface area contributed by atoms with Gasteiger partial charge in [0.1, 0.15) is 12.2 Å². The van der Waals surface area contributed by atoms with Crippen LogP contribution in [0.2, 0.25) is 0 Å². The lowest BCUT2D eigenvalue weighted by Gasteiger charge is -2.21. The van der Waals surface area contributed by atoms with Gasteiger partial charge in [-0.3, -0.25) is 9.59 Å². The van der Waals surface area contributed by atoms with Crippen molar-refractivity contribution in [2.45, 2.75) is 38.9 Å². The molecule has 0 N–H and O–H groups in total. The molecule has 0 spiro atoms. The smallest absolute Gasteiger partial charge is 0.303 e. The molecule has 0 fully saturated rings. The number of para-hydroxylation sites is 4. The molecular weight excluding hydrogens is 693 g/mol. The highest BCUT2D eigenvalue weighted by Crippen LogP contribution is 2.34. The number of benzene rings is 7. The van der Waals surface area contributed by atoms with Gasteiger partial charge < -0.3 is 18.6 Å². The van der Waals surface area contributed by atoms with E-state index < -0.39 is 12.2 Å². The van der Waals surface area contributed by atoms with Gasteiger partial charge in [0.2, 0.25) is 0 Å². The summed E-state index contributed by atoms with van der Waals surface area (Å²) in [6.07, 6.45) is 0.0540. The molecule has 0 bridgehead atoms. The average molecular weight is 733 g/mol. The molecule has 0 aliphatic heterocycles. The maximum atomic E-state index is 12.3. The van der Waals surface area contributed by atoms with Gasteiger partial charge in [0.05, 0.1) is 22.1 Å².